The van der Waals surface area contributed by atoms with E-state index in [0.29, 0.717) is 23.1 Å². The summed E-state index contributed by atoms with van der Waals surface area (Å²) in [4.78, 5) is 4.34. The average Bonchev–Trinajstić information content (AvgIpc) is 2.62. The highest BCUT2D eigenvalue weighted by Crippen LogP contribution is 2.29. The van der Waals surface area contributed by atoms with Crippen LogP contribution in [0.1, 0.15) is 11.7 Å². The van der Waals surface area contributed by atoms with Crippen molar-refractivity contribution in [3.63, 3.8) is 0 Å². The minimum Gasteiger partial charge on any atom is -0.493 e. The van der Waals surface area contributed by atoms with E-state index in [1.807, 2.05) is 30.3 Å². The number of nitrogens with two attached hydrogens (primary N) is 1. The zero-order chi connectivity index (χ0) is 18.2. The van der Waals surface area contributed by atoms with Gasteiger partial charge in [-0.15, -0.1) is 24.0 Å². The van der Waals surface area contributed by atoms with E-state index in [2.05, 4.69) is 10.3 Å². The van der Waals surface area contributed by atoms with E-state index < -0.39 is 0 Å². The first-order valence-electron chi connectivity index (χ1n) is 7.64. The second-order valence-electron chi connectivity index (χ2n) is 5.20. The highest BCUT2D eigenvalue weighted by molar-refractivity contribution is 14.0. The number of anilines is 1. The summed E-state index contributed by atoms with van der Waals surface area (Å²) in [6.07, 6.45) is -0.232. The fraction of sp³-hybridized carbons (Fsp3) is 0.278. The van der Waals surface area contributed by atoms with E-state index in [1.165, 1.54) is 0 Å². The van der Waals surface area contributed by atoms with Crippen LogP contribution in [0.25, 0.3) is 0 Å². The van der Waals surface area contributed by atoms with Crippen LogP contribution >= 0.6 is 35.6 Å². The van der Waals surface area contributed by atoms with Crippen molar-refractivity contribution in [2.45, 2.75) is 6.10 Å². The van der Waals surface area contributed by atoms with Gasteiger partial charge in [-0.1, -0.05) is 23.7 Å². The first-order valence-corrected chi connectivity index (χ1v) is 8.02. The van der Waals surface area contributed by atoms with Gasteiger partial charge in [-0.2, -0.15) is 0 Å². The van der Waals surface area contributed by atoms with Gasteiger partial charge in [0, 0.05) is 23.9 Å². The van der Waals surface area contributed by atoms with Crippen molar-refractivity contribution >= 4 is 47.2 Å². The van der Waals surface area contributed by atoms with Crippen LogP contribution in [0.4, 0.5) is 5.69 Å². The molecule has 0 aliphatic rings. The summed E-state index contributed by atoms with van der Waals surface area (Å²) in [7, 11) is 4.79. The third kappa shape index (κ3) is 6.22. The number of benzene rings is 2. The van der Waals surface area contributed by atoms with Crippen molar-refractivity contribution in [3.05, 3.63) is 53.1 Å². The third-order valence-corrected chi connectivity index (χ3v) is 3.82. The van der Waals surface area contributed by atoms with Gasteiger partial charge in [0.1, 0.15) is 6.10 Å². The van der Waals surface area contributed by atoms with Crippen LogP contribution < -0.4 is 20.5 Å². The topological polar surface area (TPSA) is 78.1 Å². The standard InChI is InChI=1S/C18H22ClN3O3.HI/c1-23-15-8-7-14(10-16(15)24-2)22-18(20)21-11-17(25-3)12-5-4-6-13(19)9-12;/h4-10,17H,11H2,1-3H3,(H3,20,21,22);1H. The predicted molar refractivity (Wildman–Crippen MR) is 116 cm³/mol. The van der Waals surface area contributed by atoms with Gasteiger partial charge in [-0.3, -0.25) is 4.99 Å². The minimum absolute atomic E-state index is 0. The summed E-state index contributed by atoms with van der Waals surface area (Å²) in [6, 6.07) is 12.9. The Kier molecular flexibility index (Phi) is 9.53. The molecule has 0 radical (unpaired) electrons. The van der Waals surface area contributed by atoms with E-state index in [-0.39, 0.29) is 36.0 Å². The molecular formula is C18H23ClIN3O3. The lowest BCUT2D eigenvalue weighted by atomic mass is 10.1. The van der Waals surface area contributed by atoms with E-state index in [4.69, 9.17) is 31.5 Å². The van der Waals surface area contributed by atoms with Crippen molar-refractivity contribution in [1.82, 2.24) is 0 Å². The molecule has 0 aliphatic carbocycles. The Morgan fingerprint density at radius 2 is 1.85 bits per heavy atom. The monoisotopic (exact) mass is 491 g/mol. The van der Waals surface area contributed by atoms with Crippen molar-refractivity contribution in [2.24, 2.45) is 10.7 Å². The Hall–Kier alpha value is -1.71. The molecule has 8 heteroatoms. The Bertz CT molecular complexity index is 743. The molecule has 26 heavy (non-hydrogen) atoms. The van der Waals surface area contributed by atoms with Gasteiger partial charge in [-0.25, -0.2) is 0 Å². The number of methoxy groups -OCH3 is 3. The molecule has 0 fully saturated rings. The smallest absolute Gasteiger partial charge is 0.193 e. The highest BCUT2D eigenvalue weighted by Gasteiger charge is 2.11. The number of hydrogen-bond donors (Lipinski definition) is 2. The first-order chi connectivity index (χ1) is 12.1. The largest absolute Gasteiger partial charge is 0.493 e. The van der Waals surface area contributed by atoms with Crippen LogP contribution in [-0.4, -0.2) is 33.8 Å². The summed E-state index contributed by atoms with van der Waals surface area (Å²) in [5.41, 5.74) is 7.65. The van der Waals surface area contributed by atoms with Crippen LogP contribution in [-0.2, 0) is 4.74 Å². The third-order valence-electron chi connectivity index (χ3n) is 3.59. The van der Waals surface area contributed by atoms with Crippen LogP contribution in [0.5, 0.6) is 11.5 Å². The van der Waals surface area contributed by atoms with Crippen LogP contribution in [0.2, 0.25) is 5.02 Å². The van der Waals surface area contributed by atoms with E-state index in [9.17, 15) is 0 Å². The molecule has 0 aromatic heterocycles. The second kappa shape index (κ2) is 11.1. The molecule has 142 valence electrons. The molecule has 2 aromatic rings. The van der Waals surface area contributed by atoms with E-state index >= 15 is 0 Å². The summed E-state index contributed by atoms with van der Waals surface area (Å²) >= 11 is 6.02. The van der Waals surface area contributed by atoms with Crippen LogP contribution in [0.3, 0.4) is 0 Å². The molecule has 0 amide bonds. The van der Waals surface area contributed by atoms with Gasteiger partial charge < -0.3 is 25.3 Å². The number of halogens is 2. The Morgan fingerprint density at radius 1 is 1.12 bits per heavy atom. The summed E-state index contributed by atoms with van der Waals surface area (Å²) in [6.45, 7) is 0.364. The summed E-state index contributed by atoms with van der Waals surface area (Å²) in [5, 5.41) is 3.67. The molecule has 0 bridgehead atoms. The average molecular weight is 492 g/mol. The molecule has 0 saturated carbocycles. The lowest BCUT2D eigenvalue weighted by Gasteiger charge is -2.15. The highest BCUT2D eigenvalue weighted by atomic mass is 127. The zero-order valence-electron chi connectivity index (χ0n) is 14.9. The van der Waals surface area contributed by atoms with Crippen LogP contribution in [0.15, 0.2) is 47.5 Å². The molecule has 2 rings (SSSR count). The number of rotatable bonds is 7. The number of aliphatic imine (C=N–C) groups is 1. The van der Waals surface area contributed by atoms with E-state index in [0.717, 1.165) is 11.3 Å². The molecule has 0 saturated heterocycles. The second-order valence-corrected chi connectivity index (χ2v) is 5.64. The maximum absolute atomic E-state index is 6.02. The minimum atomic E-state index is -0.232. The van der Waals surface area contributed by atoms with Crippen LogP contribution in [0, 0.1) is 0 Å². The molecule has 0 heterocycles. The first kappa shape index (κ1) is 22.3. The molecule has 2 aromatic carbocycles. The van der Waals surface area contributed by atoms with Crippen molar-refractivity contribution in [1.29, 1.82) is 0 Å². The van der Waals surface area contributed by atoms with Gasteiger partial charge in [0.15, 0.2) is 17.5 Å². The number of nitrogens with one attached hydrogen (secondary N) is 1. The van der Waals surface area contributed by atoms with Gasteiger partial charge in [-0.05, 0) is 29.8 Å². The lowest BCUT2D eigenvalue weighted by Crippen LogP contribution is -2.24. The van der Waals surface area contributed by atoms with Gasteiger partial charge >= 0.3 is 0 Å². The van der Waals surface area contributed by atoms with Gasteiger partial charge in [0.05, 0.1) is 20.8 Å². The number of nitrogens with zero attached hydrogens (tertiary/aromatic N) is 1. The fourth-order valence-corrected chi connectivity index (χ4v) is 2.50. The molecule has 3 N–H and O–H groups in total. The molecular weight excluding hydrogens is 469 g/mol. The summed E-state index contributed by atoms with van der Waals surface area (Å²) < 4.78 is 15.9. The SMILES string of the molecule is COc1ccc(NC(N)=NCC(OC)c2cccc(Cl)c2)cc1OC.I. The number of ether oxygens (including phenoxy) is 3. The Morgan fingerprint density at radius 3 is 2.46 bits per heavy atom. The van der Waals surface area contributed by atoms with Gasteiger partial charge in [0.25, 0.3) is 0 Å². The zero-order valence-corrected chi connectivity index (χ0v) is 17.9. The molecule has 0 aliphatic heterocycles. The van der Waals surface area contributed by atoms with Gasteiger partial charge in [0.2, 0.25) is 0 Å². The normalized spacial score (nSPS) is 12.1. The fourth-order valence-electron chi connectivity index (χ4n) is 2.31. The summed E-state index contributed by atoms with van der Waals surface area (Å²) in [5.74, 6) is 1.52. The molecule has 6 nitrogen and oxygen atoms in total. The lowest BCUT2D eigenvalue weighted by molar-refractivity contribution is 0.111. The quantitative estimate of drug-likeness (QED) is 0.347. The molecule has 1 unspecified atom stereocenters. The molecule has 1 atom stereocenters. The Labute approximate surface area is 175 Å². The Balaban J connectivity index is 0.00000338. The predicted octanol–water partition coefficient (Wildman–Crippen LogP) is 4.09. The van der Waals surface area contributed by atoms with Crippen molar-refractivity contribution in [3.8, 4) is 11.5 Å². The van der Waals surface area contributed by atoms with Crippen molar-refractivity contribution in [2.75, 3.05) is 33.2 Å². The maximum Gasteiger partial charge on any atom is 0.193 e. The number of hydrogen-bond acceptors (Lipinski definition) is 4. The van der Waals surface area contributed by atoms with E-state index in [1.54, 1.807) is 33.5 Å². The van der Waals surface area contributed by atoms with Crippen molar-refractivity contribution < 1.29 is 14.2 Å². The number of guanidine groups is 1. The maximum atomic E-state index is 6.02. The molecule has 0 spiro atoms.